The van der Waals surface area contributed by atoms with Crippen molar-refractivity contribution >= 4 is 11.6 Å². The van der Waals surface area contributed by atoms with Gasteiger partial charge in [-0.05, 0) is 31.9 Å². The Balaban J connectivity index is 1.96. The predicted molar refractivity (Wildman–Crippen MR) is 75.9 cm³/mol. The zero-order valence-corrected chi connectivity index (χ0v) is 11.9. The molecule has 0 saturated heterocycles. The molecule has 0 bridgehead atoms. The van der Waals surface area contributed by atoms with E-state index in [0.29, 0.717) is 17.1 Å². The Hall–Kier alpha value is -2.30. The minimum Gasteiger partial charge on any atom is -0.483 e. The van der Waals surface area contributed by atoms with Gasteiger partial charge in [0.2, 0.25) is 0 Å². The molecule has 20 heavy (non-hydrogen) atoms. The Morgan fingerprint density at radius 1 is 1.35 bits per heavy atom. The second kappa shape index (κ2) is 6.23. The number of hydrogen-bond donors (Lipinski definition) is 1. The van der Waals surface area contributed by atoms with Gasteiger partial charge in [0, 0.05) is 0 Å². The average Bonchev–Trinajstić information content (AvgIpc) is 2.77. The van der Waals surface area contributed by atoms with Crippen LogP contribution in [-0.2, 0) is 11.2 Å². The fraction of sp³-hybridized carbons (Fsp3) is 0.333. The van der Waals surface area contributed by atoms with E-state index in [2.05, 4.69) is 10.5 Å². The van der Waals surface area contributed by atoms with Crippen molar-refractivity contribution in [1.29, 1.82) is 0 Å². The molecule has 0 aliphatic heterocycles. The molecule has 0 unspecified atom stereocenters. The van der Waals surface area contributed by atoms with Crippen molar-refractivity contribution in [1.82, 2.24) is 5.16 Å². The van der Waals surface area contributed by atoms with E-state index < -0.39 is 0 Å². The highest BCUT2D eigenvalue weighted by Gasteiger charge is 2.13. The van der Waals surface area contributed by atoms with Crippen LogP contribution in [-0.4, -0.2) is 17.7 Å². The molecule has 2 rings (SSSR count). The first-order chi connectivity index (χ1) is 9.61. The van der Waals surface area contributed by atoms with Gasteiger partial charge in [0.25, 0.3) is 5.91 Å². The highest BCUT2D eigenvalue weighted by molar-refractivity contribution is 5.92. The van der Waals surface area contributed by atoms with Crippen LogP contribution in [0, 0.1) is 13.8 Å². The maximum atomic E-state index is 11.9. The third-order valence-electron chi connectivity index (χ3n) is 3.01. The van der Waals surface area contributed by atoms with Crippen LogP contribution in [0.15, 0.2) is 28.8 Å². The molecular formula is C15H18N2O3. The van der Waals surface area contributed by atoms with Gasteiger partial charge in [-0.3, -0.25) is 4.79 Å². The van der Waals surface area contributed by atoms with E-state index in [0.717, 1.165) is 17.7 Å². The van der Waals surface area contributed by atoms with E-state index in [1.807, 2.05) is 31.2 Å². The molecule has 0 spiro atoms. The number of ether oxygens (including phenoxy) is 1. The monoisotopic (exact) mass is 274 g/mol. The second-order valence-electron chi connectivity index (χ2n) is 4.50. The molecule has 0 saturated carbocycles. The molecule has 1 heterocycles. The summed E-state index contributed by atoms with van der Waals surface area (Å²) in [6.07, 6.45) is 0.863. The summed E-state index contributed by atoms with van der Waals surface area (Å²) in [5.74, 6) is 1.10. The molecule has 0 aliphatic rings. The molecule has 1 N–H and O–H groups in total. The standard InChI is InChI=1S/C15H18N2O3/c1-4-12-7-5-6-8-13(12)19-9-14(18)16-15-10(2)17-20-11(15)3/h5-8H,4,9H2,1-3H3,(H,16,18). The number of carbonyl (C=O) groups excluding carboxylic acids is 1. The van der Waals surface area contributed by atoms with Crippen LogP contribution in [0.1, 0.15) is 23.9 Å². The summed E-state index contributed by atoms with van der Waals surface area (Å²) in [5, 5.41) is 6.53. The largest absolute Gasteiger partial charge is 0.483 e. The van der Waals surface area contributed by atoms with Crippen molar-refractivity contribution in [3.63, 3.8) is 0 Å². The van der Waals surface area contributed by atoms with Crippen LogP contribution >= 0.6 is 0 Å². The van der Waals surface area contributed by atoms with Crippen LogP contribution < -0.4 is 10.1 Å². The molecule has 1 aromatic carbocycles. The van der Waals surface area contributed by atoms with Crippen LogP contribution in [0.4, 0.5) is 5.69 Å². The Morgan fingerprint density at radius 2 is 2.10 bits per heavy atom. The first-order valence-corrected chi connectivity index (χ1v) is 6.55. The van der Waals surface area contributed by atoms with Gasteiger partial charge >= 0.3 is 0 Å². The van der Waals surface area contributed by atoms with E-state index in [1.165, 1.54) is 0 Å². The van der Waals surface area contributed by atoms with Crippen LogP contribution in [0.25, 0.3) is 0 Å². The average molecular weight is 274 g/mol. The fourth-order valence-corrected chi connectivity index (χ4v) is 1.92. The predicted octanol–water partition coefficient (Wildman–Crippen LogP) is 2.87. The molecule has 0 radical (unpaired) electrons. The Morgan fingerprint density at radius 3 is 2.75 bits per heavy atom. The van der Waals surface area contributed by atoms with Crippen molar-refractivity contribution in [3.05, 3.63) is 41.3 Å². The Kier molecular flexibility index (Phi) is 4.40. The Labute approximate surface area is 117 Å². The molecule has 5 heteroatoms. The molecule has 0 fully saturated rings. The maximum Gasteiger partial charge on any atom is 0.262 e. The van der Waals surface area contributed by atoms with Crippen LogP contribution in [0.5, 0.6) is 5.75 Å². The summed E-state index contributed by atoms with van der Waals surface area (Å²) in [6, 6.07) is 7.69. The fourth-order valence-electron chi connectivity index (χ4n) is 1.92. The van der Waals surface area contributed by atoms with Gasteiger partial charge in [-0.2, -0.15) is 0 Å². The topological polar surface area (TPSA) is 64.4 Å². The number of hydrogen-bond acceptors (Lipinski definition) is 4. The van der Waals surface area contributed by atoms with Crippen molar-refractivity contribution in [2.24, 2.45) is 0 Å². The number of nitrogens with one attached hydrogen (secondary N) is 1. The van der Waals surface area contributed by atoms with Gasteiger partial charge in [-0.15, -0.1) is 0 Å². The van der Waals surface area contributed by atoms with E-state index in [-0.39, 0.29) is 12.5 Å². The van der Waals surface area contributed by atoms with Crippen molar-refractivity contribution in [2.45, 2.75) is 27.2 Å². The maximum absolute atomic E-state index is 11.9. The lowest BCUT2D eigenvalue weighted by molar-refractivity contribution is -0.118. The minimum absolute atomic E-state index is 0.0406. The highest BCUT2D eigenvalue weighted by atomic mass is 16.5. The van der Waals surface area contributed by atoms with Crippen molar-refractivity contribution < 1.29 is 14.1 Å². The third-order valence-corrected chi connectivity index (χ3v) is 3.01. The number of rotatable bonds is 5. The summed E-state index contributed by atoms with van der Waals surface area (Å²) >= 11 is 0. The molecule has 1 amide bonds. The zero-order valence-electron chi connectivity index (χ0n) is 11.9. The lowest BCUT2D eigenvalue weighted by Gasteiger charge is -2.10. The Bertz CT molecular complexity index is 585. The second-order valence-corrected chi connectivity index (χ2v) is 4.50. The zero-order chi connectivity index (χ0) is 14.5. The molecular weight excluding hydrogens is 256 g/mol. The van der Waals surface area contributed by atoms with Gasteiger partial charge in [0.1, 0.15) is 17.1 Å². The first kappa shape index (κ1) is 14.1. The summed E-state index contributed by atoms with van der Waals surface area (Å²) in [4.78, 5) is 11.9. The summed E-state index contributed by atoms with van der Waals surface area (Å²) in [7, 11) is 0. The molecule has 106 valence electrons. The third kappa shape index (κ3) is 3.17. The summed E-state index contributed by atoms with van der Waals surface area (Å²) in [6.45, 7) is 5.54. The quantitative estimate of drug-likeness (QED) is 0.910. The number of anilines is 1. The summed E-state index contributed by atoms with van der Waals surface area (Å²) in [5.41, 5.74) is 2.35. The van der Waals surface area contributed by atoms with E-state index >= 15 is 0 Å². The van der Waals surface area contributed by atoms with Gasteiger partial charge in [0.05, 0.1) is 0 Å². The van der Waals surface area contributed by atoms with Crippen LogP contribution in [0.2, 0.25) is 0 Å². The van der Waals surface area contributed by atoms with E-state index in [1.54, 1.807) is 13.8 Å². The summed E-state index contributed by atoms with van der Waals surface area (Å²) < 4.78 is 10.5. The number of para-hydroxylation sites is 1. The van der Waals surface area contributed by atoms with E-state index in [9.17, 15) is 4.79 Å². The number of nitrogens with zero attached hydrogens (tertiary/aromatic N) is 1. The molecule has 2 aromatic rings. The molecule has 0 atom stereocenters. The van der Waals surface area contributed by atoms with Crippen LogP contribution in [0.3, 0.4) is 0 Å². The van der Waals surface area contributed by atoms with Gasteiger partial charge in [-0.25, -0.2) is 0 Å². The van der Waals surface area contributed by atoms with E-state index in [4.69, 9.17) is 9.26 Å². The number of aryl methyl sites for hydroxylation is 3. The molecule has 1 aromatic heterocycles. The SMILES string of the molecule is CCc1ccccc1OCC(=O)Nc1c(C)noc1C. The highest BCUT2D eigenvalue weighted by Crippen LogP contribution is 2.20. The number of benzene rings is 1. The minimum atomic E-state index is -0.231. The van der Waals surface area contributed by atoms with Crippen molar-refractivity contribution in [3.8, 4) is 5.75 Å². The van der Waals surface area contributed by atoms with Gasteiger partial charge in [-0.1, -0.05) is 30.3 Å². The lowest BCUT2D eigenvalue weighted by atomic mass is 10.1. The number of aromatic nitrogens is 1. The molecule has 0 aliphatic carbocycles. The number of amides is 1. The lowest BCUT2D eigenvalue weighted by Crippen LogP contribution is -2.21. The first-order valence-electron chi connectivity index (χ1n) is 6.55. The smallest absolute Gasteiger partial charge is 0.262 e. The number of carbonyl (C=O) groups is 1. The van der Waals surface area contributed by atoms with Crippen molar-refractivity contribution in [2.75, 3.05) is 11.9 Å². The van der Waals surface area contributed by atoms with Gasteiger partial charge in [0.15, 0.2) is 12.4 Å². The molecule has 5 nitrogen and oxygen atoms in total. The van der Waals surface area contributed by atoms with Gasteiger partial charge < -0.3 is 14.6 Å². The normalized spacial score (nSPS) is 10.3.